The molecular formula is C18H11BrF3N3O. The van der Waals surface area contributed by atoms with Crippen LogP contribution in [0.4, 0.5) is 13.2 Å². The fourth-order valence-electron chi connectivity index (χ4n) is 2.57. The predicted octanol–water partition coefficient (Wildman–Crippen LogP) is 5.24. The second-order valence-electron chi connectivity index (χ2n) is 5.50. The average molecular weight is 422 g/mol. The molecule has 0 bridgehead atoms. The Kier molecular flexibility index (Phi) is 4.74. The summed E-state index contributed by atoms with van der Waals surface area (Å²) in [7, 11) is 1.56. The van der Waals surface area contributed by atoms with Crippen LogP contribution in [0.5, 0.6) is 11.6 Å². The highest BCUT2D eigenvalue weighted by Gasteiger charge is 2.23. The molecule has 8 heteroatoms. The van der Waals surface area contributed by atoms with Crippen LogP contribution >= 0.6 is 15.9 Å². The lowest BCUT2D eigenvalue weighted by molar-refractivity contribution is 0.378. The van der Waals surface area contributed by atoms with E-state index in [4.69, 9.17) is 10.00 Å². The maximum absolute atomic E-state index is 14.2. The minimum absolute atomic E-state index is 0.0808. The zero-order valence-electron chi connectivity index (χ0n) is 13.6. The second-order valence-corrected chi connectivity index (χ2v) is 6.35. The third-order valence-electron chi connectivity index (χ3n) is 3.70. The van der Waals surface area contributed by atoms with Crippen LogP contribution in [0.1, 0.15) is 11.3 Å². The van der Waals surface area contributed by atoms with E-state index in [1.807, 2.05) is 0 Å². The Morgan fingerprint density at radius 3 is 2.38 bits per heavy atom. The molecule has 0 spiro atoms. The maximum Gasteiger partial charge on any atom is 0.226 e. The number of ether oxygens (including phenoxy) is 1. The van der Waals surface area contributed by atoms with E-state index >= 15 is 0 Å². The van der Waals surface area contributed by atoms with Gasteiger partial charge in [0.2, 0.25) is 11.6 Å². The van der Waals surface area contributed by atoms with Gasteiger partial charge in [0.25, 0.3) is 0 Å². The summed E-state index contributed by atoms with van der Waals surface area (Å²) in [5, 5.41) is 13.0. The summed E-state index contributed by atoms with van der Waals surface area (Å²) < 4.78 is 49.0. The van der Waals surface area contributed by atoms with Crippen LogP contribution in [-0.2, 0) is 7.05 Å². The fourth-order valence-corrected chi connectivity index (χ4v) is 3.12. The lowest BCUT2D eigenvalue weighted by Gasteiger charge is -2.12. The molecule has 0 radical (unpaired) electrons. The number of hydrogen-bond acceptors (Lipinski definition) is 3. The van der Waals surface area contributed by atoms with Crippen molar-refractivity contribution in [2.45, 2.75) is 6.92 Å². The lowest BCUT2D eigenvalue weighted by atomic mass is 10.1. The van der Waals surface area contributed by atoms with Gasteiger partial charge in [-0.05, 0) is 31.2 Å². The Morgan fingerprint density at radius 1 is 1.15 bits per heavy atom. The molecule has 0 N–H and O–H groups in total. The second kappa shape index (κ2) is 6.84. The van der Waals surface area contributed by atoms with Crippen molar-refractivity contribution in [3.8, 4) is 28.8 Å². The molecule has 1 aromatic heterocycles. The molecule has 0 fully saturated rings. The van der Waals surface area contributed by atoms with Gasteiger partial charge < -0.3 is 4.74 Å². The van der Waals surface area contributed by atoms with Gasteiger partial charge in [0.1, 0.15) is 5.82 Å². The van der Waals surface area contributed by atoms with Gasteiger partial charge in [-0.2, -0.15) is 10.4 Å². The third kappa shape index (κ3) is 3.18. The van der Waals surface area contributed by atoms with Crippen molar-refractivity contribution in [3.05, 3.63) is 63.5 Å². The number of hydrogen-bond donors (Lipinski definition) is 0. The molecule has 26 heavy (non-hydrogen) atoms. The van der Waals surface area contributed by atoms with E-state index in [1.54, 1.807) is 20.0 Å². The standard InChI is InChI=1S/C18H11BrF3N3O/c1-9-16(12-4-3-11(20)7-13(12)19)18(25(2)24-9)26-17-14(21)5-10(8-23)6-15(17)22/h3-7H,1-2H3. The molecule has 0 unspecified atom stereocenters. The van der Waals surface area contributed by atoms with Gasteiger partial charge in [0.15, 0.2) is 11.6 Å². The Bertz CT molecular complexity index is 1030. The van der Waals surface area contributed by atoms with Crippen molar-refractivity contribution in [2.24, 2.45) is 7.05 Å². The van der Waals surface area contributed by atoms with Crippen LogP contribution in [-0.4, -0.2) is 9.78 Å². The lowest BCUT2D eigenvalue weighted by Crippen LogP contribution is -2.00. The molecule has 0 amide bonds. The molecule has 0 atom stereocenters. The summed E-state index contributed by atoms with van der Waals surface area (Å²) in [5.41, 5.74) is 1.39. The summed E-state index contributed by atoms with van der Waals surface area (Å²) in [6.45, 7) is 1.70. The first-order chi connectivity index (χ1) is 12.3. The predicted molar refractivity (Wildman–Crippen MR) is 92.2 cm³/mol. The van der Waals surface area contributed by atoms with Crippen molar-refractivity contribution in [2.75, 3.05) is 0 Å². The number of aryl methyl sites for hydroxylation is 2. The van der Waals surface area contributed by atoms with E-state index in [2.05, 4.69) is 21.0 Å². The van der Waals surface area contributed by atoms with Crippen molar-refractivity contribution in [1.82, 2.24) is 9.78 Å². The molecule has 4 nitrogen and oxygen atoms in total. The number of halogens is 4. The first kappa shape index (κ1) is 18.0. The van der Waals surface area contributed by atoms with Crippen LogP contribution in [0.2, 0.25) is 0 Å². The summed E-state index contributed by atoms with van der Waals surface area (Å²) in [6, 6.07) is 7.49. The minimum Gasteiger partial charge on any atom is -0.432 e. The van der Waals surface area contributed by atoms with Crippen LogP contribution in [0.25, 0.3) is 11.1 Å². The zero-order valence-corrected chi connectivity index (χ0v) is 15.2. The maximum atomic E-state index is 14.2. The van der Waals surface area contributed by atoms with E-state index in [9.17, 15) is 13.2 Å². The topological polar surface area (TPSA) is 50.8 Å². The van der Waals surface area contributed by atoms with Gasteiger partial charge in [0.05, 0.1) is 22.9 Å². The molecule has 3 rings (SSSR count). The zero-order chi connectivity index (χ0) is 19.0. The molecule has 3 aromatic rings. The molecule has 0 aliphatic heterocycles. The highest BCUT2D eigenvalue weighted by atomic mass is 79.9. The Balaban J connectivity index is 2.15. The highest BCUT2D eigenvalue weighted by molar-refractivity contribution is 9.10. The van der Waals surface area contributed by atoms with Gasteiger partial charge >= 0.3 is 0 Å². The molecule has 1 heterocycles. The SMILES string of the molecule is Cc1nn(C)c(Oc2c(F)cc(C#N)cc2F)c1-c1ccc(F)cc1Br. The molecule has 132 valence electrons. The third-order valence-corrected chi connectivity index (χ3v) is 4.35. The van der Waals surface area contributed by atoms with Crippen LogP contribution < -0.4 is 4.74 Å². The number of nitriles is 1. The molecule has 2 aromatic carbocycles. The van der Waals surface area contributed by atoms with Crippen molar-refractivity contribution in [1.29, 1.82) is 5.26 Å². The van der Waals surface area contributed by atoms with Gasteiger partial charge in [-0.15, -0.1) is 0 Å². The molecule has 0 aliphatic carbocycles. The Labute approximate surface area is 155 Å². The number of aromatic nitrogens is 2. The first-order valence-electron chi connectivity index (χ1n) is 7.37. The van der Waals surface area contributed by atoms with Crippen LogP contribution in [0, 0.1) is 35.7 Å². The quantitative estimate of drug-likeness (QED) is 0.580. The van der Waals surface area contributed by atoms with E-state index in [-0.39, 0.29) is 11.4 Å². The molecule has 0 saturated heterocycles. The van der Waals surface area contributed by atoms with Gasteiger partial charge in [0, 0.05) is 17.1 Å². The summed E-state index contributed by atoms with van der Waals surface area (Å²) in [5.74, 6) is -3.02. The first-order valence-corrected chi connectivity index (χ1v) is 8.17. The summed E-state index contributed by atoms with van der Waals surface area (Å²) in [4.78, 5) is 0. The average Bonchev–Trinajstić information content (AvgIpc) is 2.84. The van der Waals surface area contributed by atoms with Crippen LogP contribution in [0.3, 0.4) is 0 Å². The smallest absolute Gasteiger partial charge is 0.226 e. The normalized spacial score (nSPS) is 10.7. The largest absolute Gasteiger partial charge is 0.432 e. The highest BCUT2D eigenvalue weighted by Crippen LogP contribution is 2.40. The van der Waals surface area contributed by atoms with Crippen molar-refractivity contribution >= 4 is 15.9 Å². The minimum atomic E-state index is -1.01. The van der Waals surface area contributed by atoms with Gasteiger partial charge in [-0.3, -0.25) is 0 Å². The van der Waals surface area contributed by atoms with Crippen molar-refractivity contribution in [3.63, 3.8) is 0 Å². The van der Waals surface area contributed by atoms with Crippen molar-refractivity contribution < 1.29 is 17.9 Å². The Hall–Kier alpha value is -2.79. The van der Waals surface area contributed by atoms with E-state index < -0.39 is 23.2 Å². The molecule has 0 aliphatic rings. The number of benzene rings is 2. The fraction of sp³-hybridized carbons (Fsp3) is 0.111. The van der Waals surface area contributed by atoms with E-state index in [1.165, 1.54) is 22.9 Å². The van der Waals surface area contributed by atoms with Gasteiger partial charge in [-0.1, -0.05) is 22.0 Å². The van der Waals surface area contributed by atoms with Crippen LogP contribution in [0.15, 0.2) is 34.8 Å². The molecule has 0 saturated carbocycles. The summed E-state index contributed by atoms with van der Waals surface area (Å²) in [6.07, 6.45) is 0. The summed E-state index contributed by atoms with van der Waals surface area (Å²) >= 11 is 3.28. The monoisotopic (exact) mass is 421 g/mol. The number of nitrogens with zero attached hydrogens (tertiary/aromatic N) is 3. The van der Waals surface area contributed by atoms with Gasteiger partial charge in [-0.25, -0.2) is 17.9 Å². The number of rotatable bonds is 3. The Morgan fingerprint density at radius 2 is 1.81 bits per heavy atom. The van der Waals surface area contributed by atoms with E-state index in [0.29, 0.717) is 21.3 Å². The van der Waals surface area contributed by atoms with E-state index in [0.717, 1.165) is 12.1 Å². The molecular weight excluding hydrogens is 411 g/mol.